The summed E-state index contributed by atoms with van der Waals surface area (Å²) in [5.74, 6) is 0.868. The molecule has 29 heavy (non-hydrogen) atoms. The zero-order chi connectivity index (χ0) is 20.4. The number of hydrogen-bond donors (Lipinski definition) is 1. The second-order valence-corrected chi connectivity index (χ2v) is 7.47. The van der Waals surface area contributed by atoms with E-state index >= 15 is 0 Å². The van der Waals surface area contributed by atoms with Gasteiger partial charge in [-0.25, -0.2) is 9.78 Å². The molecule has 0 saturated carbocycles. The molecule has 2 heterocycles. The van der Waals surface area contributed by atoms with Gasteiger partial charge in [-0.1, -0.05) is 59.6 Å². The van der Waals surface area contributed by atoms with Gasteiger partial charge in [0.15, 0.2) is 0 Å². The van der Waals surface area contributed by atoms with Gasteiger partial charge in [0.1, 0.15) is 18.5 Å². The van der Waals surface area contributed by atoms with Crippen LogP contribution in [0.15, 0.2) is 60.8 Å². The Bertz CT molecular complexity index is 1030. The Morgan fingerprint density at radius 1 is 1.14 bits per heavy atom. The van der Waals surface area contributed by atoms with Crippen molar-refractivity contribution in [2.24, 2.45) is 0 Å². The molecule has 0 unspecified atom stereocenters. The second kappa shape index (κ2) is 8.27. The van der Waals surface area contributed by atoms with Gasteiger partial charge in [-0.15, -0.1) is 0 Å². The molecule has 148 valence electrons. The summed E-state index contributed by atoms with van der Waals surface area (Å²) in [5.41, 5.74) is 1.92. The minimum atomic E-state index is -0.430. The molecule has 0 spiro atoms. The molecule has 4 rings (SSSR count). The topological polar surface area (TPSA) is 67.4 Å². The lowest BCUT2D eigenvalue weighted by Crippen LogP contribution is -2.28. The number of anilines is 2. The van der Waals surface area contributed by atoms with E-state index in [1.54, 1.807) is 29.3 Å². The van der Waals surface area contributed by atoms with E-state index in [1.165, 1.54) is 0 Å². The monoisotopic (exact) mass is 428 g/mol. The van der Waals surface area contributed by atoms with Crippen LogP contribution in [-0.2, 0) is 4.74 Å². The van der Waals surface area contributed by atoms with Crippen LogP contribution in [0.25, 0.3) is 0 Å². The SMILES string of the molecule is C[C@@H](Nc1nccc(N2C(=O)OC[C@H]2c2ccccc2)n1)c1ccc(Cl)c(Cl)c1. The molecule has 3 aromatic rings. The number of carbonyl (C=O) groups excluding carboxylic acids is 1. The molecule has 2 atom stereocenters. The van der Waals surface area contributed by atoms with E-state index < -0.39 is 6.09 Å². The van der Waals surface area contributed by atoms with Gasteiger partial charge in [-0.3, -0.25) is 4.90 Å². The number of amides is 1. The Morgan fingerprint density at radius 2 is 1.93 bits per heavy atom. The van der Waals surface area contributed by atoms with Crippen LogP contribution >= 0.6 is 23.2 Å². The van der Waals surface area contributed by atoms with Crippen LogP contribution in [0.5, 0.6) is 0 Å². The normalized spacial score (nSPS) is 17.1. The van der Waals surface area contributed by atoms with Crippen molar-refractivity contribution in [3.05, 3.63) is 82.0 Å². The Balaban J connectivity index is 1.57. The zero-order valence-electron chi connectivity index (χ0n) is 15.5. The highest BCUT2D eigenvalue weighted by Gasteiger charge is 2.36. The minimum absolute atomic E-state index is 0.115. The molecular formula is C21H18Cl2N4O2. The zero-order valence-corrected chi connectivity index (χ0v) is 17.1. The Morgan fingerprint density at radius 3 is 2.69 bits per heavy atom. The van der Waals surface area contributed by atoms with Crippen molar-refractivity contribution in [3.63, 3.8) is 0 Å². The molecule has 0 bridgehead atoms. The Hall–Kier alpha value is -2.83. The van der Waals surface area contributed by atoms with Crippen molar-refractivity contribution in [1.82, 2.24) is 9.97 Å². The summed E-state index contributed by atoms with van der Waals surface area (Å²) in [6.45, 7) is 2.24. The maximum atomic E-state index is 12.4. The molecular weight excluding hydrogens is 411 g/mol. The third-order valence-electron chi connectivity index (χ3n) is 4.73. The number of aromatic nitrogens is 2. The highest BCUT2D eigenvalue weighted by Crippen LogP contribution is 2.32. The van der Waals surface area contributed by atoms with E-state index in [1.807, 2.05) is 43.3 Å². The lowest BCUT2D eigenvalue weighted by Gasteiger charge is -2.21. The van der Waals surface area contributed by atoms with Crippen LogP contribution in [0.1, 0.15) is 30.1 Å². The predicted molar refractivity (Wildman–Crippen MR) is 114 cm³/mol. The molecule has 1 fully saturated rings. The van der Waals surface area contributed by atoms with Crippen LogP contribution in [-0.4, -0.2) is 22.7 Å². The summed E-state index contributed by atoms with van der Waals surface area (Å²) in [6.07, 6.45) is 1.18. The van der Waals surface area contributed by atoms with Crippen molar-refractivity contribution in [2.75, 3.05) is 16.8 Å². The molecule has 8 heteroatoms. The number of halogens is 2. The average Bonchev–Trinajstić information content (AvgIpc) is 3.12. The highest BCUT2D eigenvalue weighted by atomic mass is 35.5. The first-order chi connectivity index (χ1) is 14.0. The van der Waals surface area contributed by atoms with Gasteiger partial charge in [0.2, 0.25) is 5.95 Å². The van der Waals surface area contributed by atoms with Gasteiger partial charge in [0.05, 0.1) is 16.1 Å². The maximum absolute atomic E-state index is 12.4. The first kappa shape index (κ1) is 19.5. The summed E-state index contributed by atoms with van der Waals surface area (Å²) in [7, 11) is 0. The first-order valence-electron chi connectivity index (χ1n) is 9.08. The largest absolute Gasteiger partial charge is 0.447 e. The van der Waals surface area contributed by atoms with Gasteiger partial charge < -0.3 is 10.1 Å². The van der Waals surface area contributed by atoms with E-state index in [2.05, 4.69) is 15.3 Å². The van der Waals surface area contributed by atoms with Crippen LogP contribution in [0.2, 0.25) is 10.0 Å². The molecule has 1 aliphatic rings. The van der Waals surface area contributed by atoms with Crippen molar-refractivity contribution in [2.45, 2.75) is 19.0 Å². The molecule has 0 radical (unpaired) electrons. The number of ether oxygens (including phenoxy) is 1. The van der Waals surface area contributed by atoms with Crippen LogP contribution in [0, 0.1) is 0 Å². The average molecular weight is 429 g/mol. The molecule has 1 aromatic heterocycles. The molecule has 1 amide bonds. The number of cyclic esters (lactones) is 1. The van der Waals surface area contributed by atoms with Crippen molar-refractivity contribution in [1.29, 1.82) is 0 Å². The van der Waals surface area contributed by atoms with Crippen LogP contribution in [0.4, 0.5) is 16.6 Å². The Kier molecular flexibility index (Phi) is 5.56. The fraction of sp³-hybridized carbons (Fsp3) is 0.190. The third kappa shape index (κ3) is 4.13. The summed E-state index contributed by atoms with van der Waals surface area (Å²) in [4.78, 5) is 22.7. The number of carbonyl (C=O) groups is 1. The van der Waals surface area contributed by atoms with Crippen LogP contribution < -0.4 is 10.2 Å². The molecule has 0 aliphatic carbocycles. The molecule has 1 N–H and O–H groups in total. The standard InChI is InChI=1S/C21H18Cl2N4O2/c1-13(15-7-8-16(22)17(23)11-15)25-20-24-10-9-19(26-20)27-18(12-29-21(27)28)14-5-3-2-4-6-14/h2-11,13,18H,12H2,1H3,(H,24,25,26)/t13-,18+/m1/s1. The summed E-state index contributed by atoms with van der Waals surface area (Å²) >= 11 is 12.1. The van der Waals surface area contributed by atoms with Gasteiger partial charge in [-0.05, 0) is 36.2 Å². The number of rotatable bonds is 5. The van der Waals surface area contributed by atoms with E-state index in [4.69, 9.17) is 27.9 Å². The Labute approximate surface area is 178 Å². The highest BCUT2D eigenvalue weighted by molar-refractivity contribution is 6.42. The number of hydrogen-bond acceptors (Lipinski definition) is 5. The van der Waals surface area contributed by atoms with Gasteiger partial charge in [0.25, 0.3) is 0 Å². The van der Waals surface area contributed by atoms with Gasteiger partial charge in [-0.2, -0.15) is 4.98 Å². The molecule has 6 nitrogen and oxygen atoms in total. The number of nitrogens with one attached hydrogen (secondary N) is 1. The van der Waals surface area contributed by atoms with Crippen LogP contribution in [0.3, 0.4) is 0 Å². The minimum Gasteiger partial charge on any atom is -0.447 e. The van der Waals surface area contributed by atoms with Gasteiger partial charge >= 0.3 is 6.09 Å². The lowest BCUT2D eigenvalue weighted by molar-refractivity contribution is 0.179. The summed E-state index contributed by atoms with van der Waals surface area (Å²) in [5, 5.41) is 4.22. The van der Waals surface area contributed by atoms with Crippen molar-refractivity contribution in [3.8, 4) is 0 Å². The maximum Gasteiger partial charge on any atom is 0.416 e. The number of benzene rings is 2. The van der Waals surface area contributed by atoms with Crippen molar-refractivity contribution < 1.29 is 9.53 Å². The van der Waals surface area contributed by atoms with Crippen molar-refractivity contribution >= 4 is 41.1 Å². The fourth-order valence-corrected chi connectivity index (χ4v) is 3.51. The second-order valence-electron chi connectivity index (χ2n) is 6.65. The van der Waals surface area contributed by atoms with E-state index in [9.17, 15) is 4.79 Å². The summed E-state index contributed by atoms with van der Waals surface area (Å²) in [6, 6.07) is 16.5. The molecule has 2 aromatic carbocycles. The van der Waals surface area contributed by atoms with E-state index in [0.29, 0.717) is 21.8 Å². The van der Waals surface area contributed by atoms with Gasteiger partial charge in [0, 0.05) is 6.20 Å². The fourth-order valence-electron chi connectivity index (χ4n) is 3.21. The molecule has 1 aliphatic heterocycles. The first-order valence-corrected chi connectivity index (χ1v) is 9.84. The summed E-state index contributed by atoms with van der Waals surface area (Å²) < 4.78 is 5.28. The lowest BCUT2D eigenvalue weighted by atomic mass is 10.1. The predicted octanol–water partition coefficient (Wildman–Crippen LogP) is 5.65. The third-order valence-corrected chi connectivity index (χ3v) is 5.47. The quantitative estimate of drug-likeness (QED) is 0.567. The molecule has 1 saturated heterocycles. The number of nitrogens with zero attached hydrogens (tertiary/aromatic N) is 3. The van der Waals surface area contributed by atoms with E-state index in [-0.39, 0.29) is 18.7 Å². The smallest absolute Gasteiger partial charge is 0.416 e. The van der Waals surface area contributed by atoms with E-state index in [0.717, 1.165) is 11.1 Å².